The third-order valence-corrected chi connectivity index (χ3v) is 8.29. The first-order valence-corrected chi connectivity index (χ1v) is 14.6. The molecule has 2 saturated heterocycles. The van der Waals surface area contributed by atoms with Crippen LogP contribution in [0.1, 0.15) is 34.2 Å². The normalized spacial score (nSPS) is 19.9. The van der Waals surface area contributed by atoms with Gasteiger partial charge >= 0.3 is 18.5 Å². The lowest BCUT2D eigenvalue weighted by molar-refractivity contribution is -0.143. The van der Waals surface area contributed by atoms with Gasteiger partial charge in [-0.25, -0.2) is 0 Å². The van der Waals surface area contributed by atoms with Gasteiger partial charge in [0, 0.05) is 57.5 Å². The number of alkyl halides is 9. The average Bonchev–Trinajstić information content (AvgIpc) is 3.41. The zero-order valence-corrected chi connectivity index (χ0v) is 24.4. The molecule has 248 valence electrons. The summed E-state index contributed by atoms with van der Waals surface area (Å²) in [4.78, 5) is 19.2. The van der Waals surface area contributed by atoms with Gasteiger partial charge in [0.2, 0.25) is 5.91 Å². The van der Waals surface area contributed by atoms with E-state index in [9.17, 15) is 44.3 Å². The molecule has 0 bridgehead atoms. The number of piperazine rings is 1. The lowest BCUT2D eigenvalue weighted by Gasteiger charge is -2.38. The van der Waals surface area contributed by atoms with E-state index in [1.807, 2.05) is 35.2 Å². The number of carbonyl (C=O) groups is 1. The number of amides is 1. The minimum atomic E-state index is -4.96. The summed E-state index contributed by atoms with van der Waals surface area (Å²) >= 11 is 0. The van der Waals surface area contributed by atoms with Crippen LogP contribution in [0.25, 0.3) is 0 Å². The summed E-state index contributed by atoms with van der Waals surface area (Å²) in [5, 5.41) is 3.06. The Morgan fingerprint density at radius 2 is 1.30 bits per heavy atom. The van der Waals surface area contributed by atoms with Crippen molar-refractivity contribution >= 4 is 11.6 Å². The van der Waals surface area contributed by atoms with Crippen molar-refractivity contribution in [2.75, 3.05) is 37.6 Å². The van der Waals surface area contributed by atoms with Crippen molar-refractivity contribution in [3.8, 4) is 0 Å². The predicted octanol–water partition coefficient (Wildman–Crippen LogP) is 6.82. The molecule has 14 heteroatoms. The molecule has 2 atom stereocenters. The molecule has 46 heavy (non-hydrogen) atoms. The quantitative estimate of drug-likeness (QED) is 0.283. The lowest BCUT2D eigenvalue weighted by atomic mass is 10.0. The number of hydrogen-bond acceptors (Lipinski definition) is 4. The molecule has 2 fully saturated rings. The van der Waals surface area contributed by atoms with E-state index in [1.165, 1.54) is 6.07 Å². The smallest absolute Gasteiger partial charge is 0.368 e. The summed E-state index contributed by atoms with van der Waals surface area (Å²) in [6.07, 6.45) is -14.1. The number of hydrogen-bond donors (Lipinski definition) is 1. The summed E-state index contributed by atoms with van der Waals surface area (Å²) in [6.45, 7) is 1.62. The number of likely N-dealkylation sites (tertiary alicyclic amines) is 1. The number of carbonyl (C=O) groups excluding carboxylic acids is 1. The molecule has 2 heterocycles. The largest absolute Gasteiger partial charge is 0.416 e. The Labute approximate surface area is 259 Å². The second kappa shape index (κ2) is 13.1. The molecule has 5 nitrogen and oxygen atoms in total. The maximum Gasteiger partial charge on any atom is 0.416 e. The van der Waals surface area contributed by atoms with Crippen LogP contribution < -0.4 is 10.2 Å². The van der Waals surface area contributed by atoms with Gasteiger partial charge in [0.15, 0.2) is 0 Å². The number of rotatable bonds is 7. The van der Waals surface area contributed by atoms with Gasteiger partial charge in [-0.3, -0.25) is 9.69 Å². The third-order valence-electron chi connectivity index (χ3n) is 8.29. The topological polar surface area (TPSA) is 38.8 Å². The van der Waals surface area contributed by atoms with Crippen LogP contribution in [0.4, 0.5) is 45.2 Å². The Morgan fingerprint density at radius 3 is 1.89 bits per heavy atom. The second-order valence-corrected chi connectivity index (χ2v) is 11.5. The number of anilines is 1. The molecule has 0 saturated carbocycles. The van der Waals surface area contributed by atoms with E-state index < -0.39 is 47.3 Å². The maximum absolute atomic E-state index is 13.8. The standard InChI is InChI=1S/C32H31F9N4O/c33-30(34,35)23-7-4-8-27(16-23)43-9-11-44(12-10-43)29(46)28-17-26(20-45(28)19-21-5-2-1-3-6-21)42-18-22-13-24(31(36,37)38)15-25(14-22)32(39,40)41/h1-8,13-16,26,28,42H,9-12,17-20H2/t26-,28-/m0/s1. The van der Waals surface area contributed by atoms with Gasteiger partial charge in [0.25, 0.3) is 0 Å². The minimum Gasteiger partial charge on any atom is -0.368 e. The number of nitrogens with one attached hydrogen (secondary N) is 1. The van der Waals surface area contributed by atoms with Crippen molar-refractivity contribution in [1.82, 2.24) is 15.1 Å². The zero-order valence-electron chi connectivity index (χ0n) is 24.4. The summed E-state index contributed by atoms with van der Waals surface area (Å²) < 4.78 is 120. The van der Waals surface area contributed by atoms with Crippen molar-refractivity contribution < 1.29 is 44.3 Å². The van der Waals surface area contributed by atoms with Crippen molar-refractivity contribution in [3.63, 3.8) is 0 Å². The lowest BCUT2D eigenvalue weighted by Crippen LogP contribution is -2.53. The fourth-order valence-corrected chi connectivity index (χ4v) is 5.96. The van der Waals surface area contributed by atoms with E-state index in [0.717, 1.165) is 17.7 Å². The molecule has 0 aliphatic carbocycles. The molecular weight excluding hydrogens is 627 g/mol. The van der Waals surface area contributed by atoms with Gasteiger partial charge in [-0.2, -0.15) is 39.5 Å². The fourth-order valence-electron chi connectivity index (χ4n) is 5.96. The summed E-state index contributed by atoms with van der Waals surface area (Å²) in [7, 11) is 0. The molecule has 2 aliphatic rings. The summed E-state index contributed by atoms with van der Waals surface area (Å²) in [6, 6.07) is 14.7. The first-order chi connectivity index (χ1) is 21.6. The van der Waals surface area contributed by atoms with Gasteiger partial charge in [0.1, 0.15) is 0 Å². The van der Waals surface area contributed by atoms with Crippen molar-refractivity contribution in [3.05, 3.63) is 101 Å². The number of halogens is 9. The van der Waals surface area contributed by atoms with Crippen LogP contribution in [0, 0.1) is 0 Å². The van der Waals surface area contributed by atoms with E-state index in [0.29, 0.717) is 44.0 Å². The Kier molecular flexibility index (Phi) is 9.60. The van der Waals surface area contributed by atoms with E-state index >= 15 is 0 Å². The maximum atomic E-state index is 13.8. The Bertz CT molecular complexity index is 1470. The highest BCUT2D eigenvalue weighted by atomic mass is 19.4. The second-order valence-electron chi connectivity index (χ2n) is 11.5. The van der Waals surface area contributed by atoms with Crippen molar-refractivity contribution in [2.24, 2.45) is 0 Å². The highest BCUT2D eigenvalue weighted by molar-refractivity contribution is 5.82. The van der Waals surface area contributed by atoms with Crippen LogP contribution in [0.5, 0.6) is 0 Å². The first-order valence-electron chi connectivity index (χ1n) is 14.6. The molecule has 0 unspecified atom stereocenters. The van der Waals surface area contributed by atoms with E-state index in [-0.39, 0.29) is 43.6 Å². The predicted molar refractivity (Wildman–Crippen MR) is 153 cm³/mol. The van der Waals surface area contributed by atoms with E-state index in [2.05, 4.69) is 5.32 Å². The van der Waals surface area contributed by atoms with Crippen LogP contribution in [-0.4, -0.2) is 60.5 Å². The van der Waals surface area contributed by atoms with Crippen molar-refractivity contribution in [1.29, 1.82) is 0 Å². The van der Waals surface area contributed by atoms with Crippen LogP contribution in [0.2, 0.25) is 0 Å². The molecular formula is C32H31F9N4O. The summed E-state index contributed by atoms with van der Waals surface area (Å²) in [5.74, 6) is -0.192. The van der Waals surface area contributed by atoms with E-state index in [4.69, 9.17) is 0 Å². The highest BCUT2D eigenvalue weighted by Crippen LogP contribution is 2.37. The van der Waals surface area contributed by atoms with Gasteiger partial charge < -0.3 is 15.1 Å². The molecule has 3 aromatic carbocycles. The number of benzene rings is 3. The molecule has 0 spiro atoms. The zero-order chi connectivity index (χ0) is 33.3. The molecule has 1 N–H and O–H groups in total. The average molecular weight is 659 g/mol. The van der Waals surface area contributed by atoms with Gasteiger partial charge in [-0.1, -0.05) is 36.4 Å². The Morgan fingerprint density at radius 1 is 0.696 bits per heavy atom. The van der Waals surface area contributed by atoms with Crippen LogP contribution >= 0.6 is 0 Å². The molecule has 1 amide bonds. The molecule has 3 aromatic rings. The fraction of sp³-hybridized carbons (Fsp3) is 0.406. The monoisotopic (exact) mass is 658 g/mol. The highest BCUT2D eigenvalue weighted by Gasteiger charge is 2.40. The first kappa shape index (κ1) is 33.6. The minimum absolute atomic E-state index is 0.0855. The van der Waals surface area contributed by atoms with Gasteiger partial charge in [0.05, 0.1) is 22.7 Å². The van der Waals surface area contributed by atoms with E-state index in [1.54, 1.807) is 15.9 Å². The molecule has 0 radical (unpaired) electrons. The Hall–Kier alpha value is -3.78. The SMILES string of the molecule is O=C([C@@H]1C[C@H](NCc2cc(C(F)(F)F)cc(C(F)(F)F)c2)CN1Cc1ccccc1)N1CCN(c2cccc(C(F)(F)F)c2)CC1. The Balaban J connectivity index is 1.28. The van der Waals surface area contributed by atoms with Crippen LogP contribution in [-0.2, 0) is 36.4 Å². The number of nitrogens with zero attached hydrogens (tertiary/aromatic N) is 3. The third kappa shape index (κ3) is 8.13. The van der Waals surface area contributed by atoms with Crippen molar-refractivity contribution in [2.45, 2.75) is 50.1 Å². The molecule has 2 aliphatic heterocycles. The molecule has 0 aromatic heterocycles. The summed E-state index contributed by atoms with van der Waals surface area (Å²) in [5.41, 5.74) is -2.41. The van der Waals surface area contributed by atoms with Gasteiger partial charge in [-0.05, 0) is 53.9 Å². The van der Waals surface area contributed by atoms with Crippen LogP contribution in [0.3, 0.4) is 0 Å². The van der Waals surface area contributed by atoms with Crippen LogP contribution in [0.15, 0.2) is 72.8 Å². The molecule has 5 rings (SSSR count). The van der Waals surface area contributed by atoms with Gasteiger partial charge in [-0.15, -0.1) is 0 Å².